The van der Waals surface area contributed by atoms with E-state index in [-0.39, 0.29) is 5.82 Å². The van der Waals surface area contributed by atoms with Gasteiger partial charge in [0, 0.05) is 31.8 Å². The molecular weight excluding hydrogens is 439 g/mol. The van der Waals surface area contributed by atoms with E-state index in [2.05, 4.69) is 22.3 Å². The van der Waals surface area contributed by atoms with Gasteiger partial charge in [-0.3, -0.25) is 4.21 Å². The molecule has 8 heteroatoms. The van der Waals surface area contributed by atoms with Gasteiger partial charge in [0.2, 0.25) is 5.95 Å². The quantitative estimate of drug-likeness (QED) is 0.585. The summed E-state index contributed by atoms with van der Waals surface area (Å²) in [6.07, 6.45) is 2.73. The van der Waals surface area contributed by atoms with E-state index in [1.165, 1.54) is 17.7 Å². The molecule has 0 saturated carbocycles. The van der Waals surface area contributed by atoms with Crippen LogP contribution in [0.1, 0.15) is 35.6 Å². The highest BCUT2D eigenvalue weighted by molar-refractivity contribution is 7.85. The SMILES string of the molecule is COc1ccc(C2CCN(c3nc4c(c(NCc5cccc(F)c5)n3)S(=O)CC4)CC2)cc1. The summed E-state index contributed by atoms with van der Waals surface area (Å²) >= 11 is 0. The molecule has 0 bridgehead atoms. The van der Waals surface area contributed by atoms with Crippen LogP contribution in [0.15, 0.2) is 53.4 Å². The number of ether oxygens (including phenoxy) is 1. The second-order valence-electron chi connectivity index (χ2n) is 8.47. The van der Waals surface area contributed by atoms with Crippen molar-refractivity contribution in [3.05, 3.63) is 71.2 Å². The molecule has 0 radical (unpaired) electrons. The first kappa shape index (κ1) is 21.8. The number of halogens is 1. The molecular formula is C25H27FN4O2S. The largest absolute Gasteiger partial charge is 0.497 e. The molecule has 6 nitrogen and oxygen atoms in total. The van der Waals surface area contributed by atoms with Gasteiger partial charge in [0.25, 0.3) is 0 Å². The fourth-order valence-corrected chi connectivity index (χ4v) is 5.89. The molecule has 1 atom stereocenters. The van der Waals surface area contributed by atoms with E-state index in [4.69, 9.17) is 14.7 Å². The van der Waals surface area contributed by atoms with Gasteiger partial charge < -0.3 is 15.0 Å². The number of aromatic nitrogens is 2. The van der Waals surface area contributed by atoms with Crippen LogP contribution >= 0.6 is 0 Å². The van der Waals surface area contributed by atoms with Gasteiger partial charge in [0.05, 0.1) is 23.6 Å². The predicted octanol–water partition coefficient (Wildman–Crippen LogP) is 4.28. The van der Waals surface area contributed by atoms with Crippen molar-refractivity contribution in [2.24, 2.45) is 0 Å². The zero-order chi connectivity index (χ0) is 22.8. The van der Waals surface area contributed by atoms with Crippen molar-refractivity contribution in [1.82, 2.24) is 9.97 Å². The van der Waals surface area contributed by atoms with E-state index in [1.54, 1.807) is 13.2 Å². The first-order valence-corrected chi connectivity index (χ1v) is 12.6. The molecule has 0 spiro atoms. The van der Waals surface area contributed by atoms with Crippen molar-refractivity contribution in [1.29, 1.82) is 0 Å². The second-order valence-corrected chi connectivity index (χ2v) is 9.97. The molecule has 3 heterocycles. The third-order valence-electron chi connectivity index (χ3n) is 6.39. The molecule has 5 rings (SSSR count). The summed E-state index contributed by atoms with van der Waals surface area (Å²) in [7, 11) is 0.573. The molecule has 1 N–H and O–H groups in total. The average Bonchev–Trinajstić information content (AvgIpc) is 3.23. The van der Waals surface area contributed by atoms with Crippen molar-refractivity contribution in [2.45, 2.75) is 36.6 Å². The van der Waals surface area contributed by atoms with Crippen molar-refractivity contribution >= 4 is 22.6 Å². The molecule has 1 unspecified atom stereocenters. The van der Waals surface area contributed by atoms with E-state index in [9.17, 15) is 8.60 Å². The average molecular weight is 467 g/mol. The Morgan fingerprint density at radius 1 is 1.15 bits per heavy atom. The van der Waals surface area contributed by atoms with Crippen LogP contribution in [0.25, 0.3) is 0 Å². The highest BCUT2D eigenvalue weighted by Gasteiger charge is 2.29. The molecule has 2 aliphatic heterocycles. The third-order valence-corrected chi connectivity index (χ3v) is 7.85. The molecule has 0 aliphatic carbocycles. The van der Waals surface area contributed by atoms with Gasteiger partial charge in [-0.05, 0) is 54.2 Å². The van der Waals surface area contributed by atoms with Gasteiger partial charge in [-0.25, -0.2) is 9.37 Å². The van der Waals surface area contributed by atoms with Crippen LogP contribution in [0.4, 0.5) is 16.2 Å². The number of piperidine rings is 1. The Kier molecular flexibility index (Phi) is 6.26. The number of methoxy groups -OCH3 is 1. The second kappa shape index (κ2) is 9.47. The minimum absolute atomic E-state index is 0.272. The monoisotopic (exact) mass is 466 g/mol. The molecule has 33 heavy (non-hydrogen) atoms. The summed E-state index contributed by atoms with van der Waals surface area (Å²) in [5, 5.41) is 3.29. The molecule has 172 valence electrons. The van der Waals surface area contributed by atoms with Crippen LogP contribution in [-0.2, 0) is 23.8 Å². The van der Waals surface area contributed by atoms with Crippen molar-refractivity contribution in [3.63, 3.8) is 0 Å². The lowest BCUT2D eigenvalue weighted by Gasteiger charge is -2.32. The number of rotatable bonds is 6. The third kappa shape index (κ3) is 4.71. The highest BCUT2D eigenvalue weighted by atomic mass is 32.2. The molecule has 1 saturated heterocycles. The van der Waals surface area contributed by atoms with E-state index in [0.717, 1.165) is 42.9 Å². The molecule has 3 aromatic rings. The first-order valence-electron chi connectivity index (χ1n) is 11.3. The van der Waals surface area contributed by atoms with Crippen LogP contribution in [-0.4, -0.2) is 40.1 Å². The van der Waals surface area contributed by atoms with Crippen LogP contribution in [0.2, 0.25) is 0 Å². The summed E-state index contributed by atoms with van der Waals surface area (Å²) in [5.74, 6) is 2.96. The van der Waals surface area contributed by atoms with E-state index < -0.39 is 10.8 Å². The molecule has 2 aromatic carbocycles. The van der Waals surface area contributed by atoms with Gasteiger partial charge in [-0.2, -0.15) is 4.98 Å². The lowest BCUT2D eigenvalue weighted by molar-refractivity contribution is 0.414. The zero-order valence-electron chi connectivity index (χ0n) is 18.6. The Morgan fingerprint density at radius 3 is 2.67 bits per heavy atom. The number of hydrogen-bond acceptors (Lipinski definition) is 6. The number of benzene rings is 2. The Hall–Kier alpha value is -3.00. The molecule has 1 fully saturated rings. The van der Waals surface area contributed by atoms with E-state index in [0.29, 0.717) is 41.3 Å². The van der Waals surface area contributed by atoms with Gasteiger partial charge in [-0.1, -0.05) is 24.3 Å². The smallest absolute Gasteiger partial charge is 0.227 e. The summed E-state index contributed by atoms with van der Waals surface area (Å²) < 4.78 is 31.4. The van der Waals surface area contributed by atoms with Gasteiger partial charge in [0.1, 0.15) is 22.3 Å². The standard InChI is InChI=1S/C25H27FN4O2S/c1-32-21-7-5-18(6-8-21)19-9-12-30(13-10-19)25-28-22-11-14-33(31)23(22)24(29-25)27-16-17-3-2-4-20(26)15-17/h2-8,15,19H,9-14,16H2,1H3,(H,27,28,29). The molecule has 2 aliphatic rings. The Labute approximate surface area is 195 Å². The number of anilines is 2. The van der Waals surface area contributed by atoms with Crippen molar-refractivity contribution in [3.8, 4) is 5.75 Å². The Balaban J connectivity index is 1.32. The maximum atomic E-state index is 13.6. The number of nitrogens with zero attached hydrogens (tertiary/aromatic N) is 3. The summed E-state index contributed by atoms with van der Waals surface area (Å²) in [5.41, 5.74) is 3.00. The normalized spacial score (nSPS) is 18.2. The minimum Gasteiger partial charge on any atom is -0.497 e. The van der Waals surface area contributed by atoms with Crippen LogP contribution in [0.3, 0.4) is 0 Å². The number of fused-ring (bicyclic) bond motifs is 1. The van der Waals surface area contributed by atoms with Crippen LogP contribution in [0, 0.1) is 5.82 Å². The summed E-state index contributed by atoms with van der Waals surface area (Å²) in [4.78, 5) is 12.5. The maximum Gasteiger partial charge on any atom is 0.227 e. The maximum absolute atomic E-state index is 13.6. The lowest BCUT2D eigenvalue weighted by atomic mass is 9.89. The van der Waals surface area contributed by atoms with Gasteiger partial charge in [0.15, 0.2) is 0 Å². The topological polar surface area (TPSA) is 67.3 Å². The Bertz CT molecular complexity index is 1160. The summed E-state index contributed by atoms with van der Waals surface area (Å²) in [6.45, 7) is 2.14. The van der Waals surface area contributed by atoms with E-state index >= 15 is 0 Å². The molecule has 0 amide bonds. The van der Waals surface area contributed by atoms with Crippen LogP contribution in [0.5, 0.6) is 5.75 Å². The van der Waals surface area contributed by atoms with Crippen molar-refractivity contribution < 1.29 is 13.3 Å². The fourth-order valence-electron chi connectivity index (χ4n) is 4.57. The first-order chi connectivity index (χ1) is 16.1. The van der Waals surface area contributed by atoms with Crippen molar-refractivity contribution in [2.75, 3.05) is 36.2 Å². The zero-order valence-corrected chi connectivity index (χ0v) is 19.4. The number of hydrogen-bond donors (Lipinski definition) is 1. The lowest BCUT2D eigenvalue weighted by Crippen LogP contribution is -2.34. The predicted molar refractivity (Wildman–Crippen MR) is 128 cm³/mol. The number of aryl methyl sites for hydroxylation is 1. The summed E-state index contributed by atoms with van der Waals surface area (Å²) in [6, 6.07) is 14.8. The Morgan fingerprint density at radius 2 is 1.94 bits per heavy atom. The van der Waals surface area contributed by atoms with Gasteiger partial charge >= 0.3 is 0 Å². The van der Waals surface area contributed by atoms with E-state index in [1.807, 2.05) is 18.2 Å². The minimum atomic E-state index is -1.11. The molecule has 1 aromatic heterocycles. The van der Waals surface area contributed by atoms with Gasteiger partial charge in [-0.15, -0.1) is 0 Å². The van der Waals surface area contributed by atoms with Crippen LogP contribution < -0.4 is 15.0 Å². The highest BCUT2D eigenvalue weighted by Crippen LogP contribution is 2.34. The number of nitrogens with one attached hydrogen (secondary N) is 1. The fraction of sp³-hybridized carbons (Fsp3) is 0.360.